The average molecular weight is 322 g/mol. The number of benzene rings is 2. The van der Waals surface area contributed by atoms with Crippen LogP contribution in [-0.2, 0) is 11.2 Å². The van der Waals surface area contributed by atoms with E-state index < -0.39 is 0 Å². The number of thiazole rings is 1. The highest BCUT2D eigenvalue weighted by atomic mass is 32.1. The fourth-order valence-corrected chi connectivity index (χ4v) is 3.06. The number of hydrogen-bond donors (Lipinski definition) is 1. The highest BCUT2D eigenvalue weighted by Gasteiger charge is 2.06. The zero-order chi connectivity index (χ0) is 16.2. The van der Waals surface area contributed by atoms with Gasteiger partial charge in [-0.05, 0) is 31.5 Å². The molecular weight excluding hydrogens is 304 g/mol. The molecule has 0 spiro atoms. The monoisotopic (exact) mass is 322 g/mol. The highest BCUT2D eigenvalue weighted by molar-refractivity contribution is 7.09. The molecule has 1 heterocycles. The molecule has 116 valence electrons. The van der Waals surface area contributed by atoms with E-state index in [1.54, 1.807) is 11.3 Å². The molecular formula is C19H18N2OS. The standard InChI is InChI=1S/C19H18N2OS/c1-13-4-3-5-15(10-13)11-19(22)21-17-8-6-16(7-9-17)18-12-23-14(2)20-18/h3-10,12H,11H2,1-2H3,(H,21,22). The van der Waals surface area contributed by atoms with E-state index in [1.165, 1.54) is 5.56 Å². The van der Waals surface area contributed by atoms with E-state index in [0.29, 0.717) is 6.42 Å². The third-order valence-electron chi connectivity index (χ3n) is 3.53. The van der Waals surface area contributed by atoms with Gasteiger partial charge in [0.05, 0.1) is 17.1 Å². The minimum Gasteiger partial charge on any atom is -0.326 e. The van der Waals surface area contributed by atoms with Gasteiger partial charge in [-0.2, -0.15) is 0 Å². The molecule has 23 heavy (non-hydrogen) atoms. The van der Waals surface area contributed by atoms with Crippen LogP contribution in [0.4, 0.5) is 5.69 Å². The predicted molar refractivity (Wildman–Crippen MR) is 95.8 cm³/mol. The van der Waals surface area contributed by atoms with Crippen molar-refractivity contribution in [2.75, 3.05) is 5.32 Å². The molecule has 1 amide bonds. The quantitative estimate of drug-likeness (QED) is 0.762. The van der Waals surface area contributed by atoms with Crippen molar-refractivity contribution in [3.63, 3.8) is 0 Å². The number of nitrogens with zero attached hydrogens (tertiary/aromatic N) is 1. The number of carbonyl (C=O) groups excluding carboxylic acids is 1. The molecule has 0 aliphatic carbocycles. The molecule has 0 bridgehead atoms. The molecule has 0 radical (unpaired) electrons. The molecule has 0 fully saturated rings. The maximum atomic E-state index is 12.1. The number of hydrogen-bond acceptors (Lipinski definition) is 3. The topological polar surface area (TPSA) is 42.0 Å². The molecule has 0 saturated heterocycles. The largest absolute Gasteiger partial charge is 0.326 e. The molecule has 0 atom stereocenters. The number of aromatic nitrogens is 1. The van der Waals surface area contributed by atoms with Crippen molar-refractivity contribution in [3.05, 3.63) is 70.0 Å². The van der Waals surface area contributed by atoms with Crippen LogP contribution in [0.15, 0.2) is 53.9 Å². The van der Waals surface area contributed by atoms with Crippen LogP contribution in [0.25, 0.3) is 11.3 Å². The van der Waals surface area contributed by atoms with Crippen molar-refractivity contribution in [3.8, 4) is 11.3 Å². The van der Waals surface area contributed by atoms with E-state index in [4.69, 9.17) is 0 Å². The van der Waals surface area contributed by atoms with Crippen LogP contribution in [-0.4, -0.2) is 10.9 Å². The lowest BCUT2D eigenvalue weighted by molar-refractivity contribution is -0.115. The molecule has 0 aliphatic heterocycles. The summed E-state index contributed by atoms with van der Waals surface area (Å²) in [4.78, 5) is 16.6. The number of nitrogens with one attached hydrogen (secondary N) is 1. The van der Waals surface area contributed by atoms with E-state index in [-0.39, 0.29) is 5.91 Å². The lowest BCUT2D eigenvalue weighted by atomic mass is 10.1. The van der Waals surface area contributed by atoms with E-state index in [9.17, 15) is 4.79 Å². The number of amides is 1. The maximum Gasteiger partial charge on any atom is 0.228 e. The second kappa shape index (κ2) is 6.75. The van der Waals surface area contributed by atoms with Crippen LogP contribution in [0, 0.1) is 13.8 Å². The molecule has 2 aromatic carbocycles. The fourth-order valence-electron chi connectivity index (χ4n) is 2.43. The van der Waals surface area contributed by atoms with Crippen molar-refractivity contribution >= 4 is 22.9 Å². The molecule has 3 aromatic rings. The lowest BCUT2D eigenvalue weighted by Crippen LogP contribution is -2.14. The van der Waals surface area contributed by atoms with Crippen LogP contribution in [0.1, 0.15) is 16.1 Å². The summed E-state index contributed by atoms with van der Waals surface area (Å²) >= 11 is 1.64. The van der Waals surface area contributed by atoms with Gasteiger partial charge in [-0.1, -0.05) is 42.0 Å². The summed E-state index contributed by atoms with van der Waals surface area (Å²) in [5.41, 5.74) is 5.03. The Morgan fingerprint density at radius 3 is 2.57 bits per heavy atom. The van der Waals surface area contributed by atoms with Gasteiger partial charge in [0.2, 0.25) is 5.91 Å². The molecule has 3 rings (SSSR count). The van der Waals surface area contributed by atoms with Gasteiger partial charge in [0.15, 0.2) is 0 Å². The van der Waals surface area contributed by atoms with Gasteiger partial charge in [0, 0.05) is 16.6 Å². The second-order valence-electron chi connectivity index (χ2n) is 5.54. The molecule has 1 N–H and O–H groups in total. The summed E-state index contributed by atoms with van der Waals surface area (Å²) in [7, 11) is 0. The number of rotatable bonds is 4. The Hall–Kier alpha value is -2.46. The Kier molecular flexibility index (Phi) is 4.53. The van der Waals surface area contributed by atoms with E-state index in [1.807, 2.05) is 67.8 Å². The molecule has 4 heteroatoms. The van der Waals surface area contributed by atoms with Crippen molar-refractivity contribution < 1.29 is 4.79 Å². The number of carbonyl (C=O) groups is 1. The van der Waals surface area contributed by atoms with Crippen molar-refractivity contribution in [1.29, 1.82) is 0 Å². The van der Waals surface area contributed by atoms with Crippen molar-refractivity contribution in [1.82, 2.24) is 4.98 Å². The fraction of sp³-hybridized carbons (Fsp3) is 0.158. The average Bonchev–Trinajstić information content (AvgIpc) is 2.94. The summed E-state index contributed by atoms with van der Waals surface area (Å²) in [6.45, 7) is 4.02. The molecule has 3 nitrogen and oxygen atoms in total. The van der Waals surface area contributed by atoms with E-state index in [2.05, 4.69) is 10.3 Å². The van der Waals surface area contributed by atoms with E-state index in [0.717, 1.165) is 27.5 Å². The third kappa shape index (κ3) is 4.05. The Morgan fingerprint density at radius 2 is 1.91 bits per heavy atom. The first-order valence-corrected chi connectivity index (χ1v) is 8.36. The SMILES string of the molecule is Cc1cccc(CC(=O)Nc2ccc(-c3csc(C)n3)cc2)c1. The third-order valence-corrected chi connectivity index (χ3v) is 4.30. The second-order valence-corrected chi connectivity index (χ2v) is 6.61. The van der Waals surface area contributed by atoms with Crippen LogP contribution in [0.2, 0.25) is 0 Å². The van der Waals surface area contributed by atoms with Gasteiger partial charge in [-0.25, -0.2) is 4.98 Å². The van der Waals surface area contributed by atoms with Gasteiger partial charge in [0.1, 0.15) is 0 Å². The zero-order valence-corrected chi connectivity index (χ0v) is 14.0. The molecule has 1 aromatic heterocycles. The minimum absolute atomic E-state index is 0.00662. The van der Waals surface area contributed by atoms with Gasteiger partial charge in [-0.15, -0.1) is 11.3 Å². The Bertz CT molecular complexity index is 821. The Labute approximate surface area is 140 Å². The normalized spacial score (nSPS) is 10.5. The number of aryl methyl sites for hydroxylation is 2. The maximum absolute atomic E-state index is 12.1. The first-order valence-electron chi connectivity index (χ1n) is 7.48. The van der Waals surface area contributed by atoms with Crippen LogP contribution >= 0.6 is 11.3 Å². The van der Waals surface area contributed by atoms with Crippen LogP contribution in [0.5, 0.6) is 0 Å². The van der Waals surface area contributed by atoms with Gasteiger partial charge in [-0.3, -0.25) is 4.79 Å². The summed E-state index contributed by atoms with van der Waals surface area (Å²) in [5.74, 6) is -0.00662. The van der Waals surface area contributed by atoms with E-state index >= 15 is 0 Å². The van der Waals surface area contributed by atoms with Crippen LogP contribution < -0.4 is 5.32 Å². The summed E-state index contributed by atoms with van der Waals surface area (Å²) in [6, 6.07) is 15.8. The lowest BCUT2D eigenvalue weighted by Gasteiger charge is -2.06. The van der Waals surface area contributed by atoms with Crippen molar-refractivity contribution in [2.24, 2.45) is 0 Å². The minimum atomic E-state index is -0.00662. The summed E-state index contributed by atoms with van der Waals surface area (Å²) in [5, 5.41) is 6.03. The first kappa shape index (κ1) is 15.4. The predicted octanol–water partition coefficient (Wildman–Crippen LogP) is 4.61. The van der Waals surface area contributed by atoms with Crippen LogP contribution in [0.3, 0.4) is 0 Å². The highest BCUT2D eigenvalue weighted by Crippen LogP contribution is 2.23. The smallest absolute Gasteiger partial charge is 0.228 e. The van der Waals surface area contributed by atoms with Gasteiger partial charge >= 0.3 is 0 Å². The molecule has 0 aliphatic rings. The van der Waals surface area contributed by atoms with Gasteiger partial charge < -0.3 is 5.32 Å². The Balaban J connectivity index is 1.65. The Morgan fingerprint density at radius 1 is 1.13 bits per heavy atom. The first-order chi connectivity index (χ1) is 11.1. The zero-order valence-electron chi connectivity index (χ0n) is 13.2. The van der Waals surface area contributed by atoms with Crippen molar-refractivity contribution in [2.45, 2.75) is 20.3 Å². The summed E-state index contributed by atoms with van der Waals surface area (Å²) in [6.07, 6.45) is 0.384. The number of anilines is 1. The molecule has 0 unspecified atom stereocenters. The molecule has 0 saturated carbocycles. The van der Waals surface area contributed by atoms with Gasteiger partial charge in [0.25, 0.3) is 0 Å². The summed E-state index contributed by atoms with van der Waals surface area (Å²) < 4.78 is 0.